The fraction of sp³-hybridized carbons (Fsp3) is 0.154. The van der Waals surface area contributed by atoms with Crippen LogP contribution in [-0.4, -0.2) is 24.0 Å². The molecule has 32 heavy (non-hydrogen) atoms. The molecule has 3 aromatic carbocycles. The molecule has 0 saturated carbocycles. The smallest absolute Gasteiger partial charge is 0.339 e. The molecule has 0 amide bonds. The lowest BCUT2D eigenvalue weighted by Gasteiger charge is -2.12. The van der Waals surface area contributed by atoms with Crippen LogP contribution in [0.15, 0.2) is 59.0 Å². The van der Waals surface area contributed by atoms with Crippen LogP contribution in [0.2, 0.25) is 0 Å². The topological polar surface area (TPSA) is 76.7 Å². The largest absolute Gasteiger partial charge is 0.496 e. The Morgan fingerprint density at radius 2 is 1.72 bits per heavy atom. The summed E-state index contributed by atoms with van der Waals surface area (Å²) in [6, 6.07) is 14.5. The minimum Gasteiger partial charge on any atom is -0.496 e. The number of hydrogen-bond donors (Lipinski definition) is 1. The third kappa shape index (κ3) is 3.64. The van der Waals surface area contributed by atoms with Crippen LogP contribution in [0.1, 0.15) is 39.6 Å². The Labute approximate surface area is 184 Å². The van der Waals surface area contributed by atoms with Crippen LogP contribution in [0.3, 0.4) is 0 Å². The Bertz CT molecular complexity index is 1350. The number of hydrogen-bond acceptors (Lipinski definition) is 4. The predicted molar refractivity (Wildman–Crippen MR) is 120 cm³/mol. The second-order valence-corrected chi connectivity index (χ2v) is 7.47. The number of ether oxygens (including phenoxy) is 1. The lowest BCUT2D eigenvalue weighted by molar-refractivity contribution is 0.0693. The minimum atomic E-state index is -1.09. The van der Waals surface area contributed by atoms with Crippen molar-refractivity contribution in [2.45, 2.75) is 20.3 Å². The van der Waals surface area contributed by atoms with Crippen molar-refractivity contribution in [2.75, 3.05) is 7.11 Å². The number of carbonyl (C=O) groups is 2. The van der Waals surface area contributed by atoms with Crippen LogP contribution in [0, 0.1) is 12.7 Å². The number of fused-ring (bicyclic) bond motifs is 1. The van der Waals surface area contributed by atoms with Crippen LogP contribution >= 0.6 is 0 Å². The van der Waals surface area contributed by atoms with E-state index in [0.717, 1.165) is 11.1 Å². The maximum Gasteiger partial charge on any atom is 0.339 e. The lowest BCUT2D eigenvalue weighted by Crippen LogP contribution is -2.02. The van der Waals surface area contributed by atoms with E-state index in [4.69, 9.17) is 9.15 Å². The first-order valence-electron chi connectivity index (χ1n) is 10.1. The van der Waals surface area contributed by atoms with Crippen LogP contribution in [-0.2, 0) is 0 Å². The Morgan fingerprint density at radius 3 is 2.34 bits per heavy atom. The Balaban J connectivity index is 1.95. The van der Waals surface area contributed by atoms with Gasteiger partial charge in [-0.2, -0.15) is 0 Å². The van der Waals surface area contributed by atoms with Gasteiger partial charge in [-0.3, -0.25) is 4.79 Å². The number of aromatic carboxylic acids is 1. The van der Waals surface area contributed by atoms with E-state index in [1.54, 1.807) is 37.3 Å². The SMILES string of the molecule is CCC(=O)c1c(-c2ccc(F)cc2)oc2ccc(-c3cc(C(=O)O)c(OC)cc3C)cc12. The molecule has 162 valence electrons. The molecule has 0 bridgehead atoms. The number of halogens is 1. The van der Waals surface area contributed by atoms with Gasteiger partial charge >= 0.3 is 5.97 Å². The van der Waals surface area contributed by atoms with Gasteiger partial charge in [-0.15, -0.1) is 0 Å². The molecule has 1 N–H and O–H groups in total. The second kappa shape index (κ2) is 8.30. The highest BCUT2D eigenvalue weighted by Crippen LogP contribution is 2.38. The molecule has 0 saturated heterocycles. The van der Waals surface area contributed by atoms with Crippen LogP contribution in [0.25, 0.3) is 33.4 Å². The van der Waals surface area contributed by atoms with Gasteiger partial charge in [-0.25, -0.2) is 9.18 Å². The van der Waals surface area contributed by atoms with Gasteiger partial charge in [0, 0.05) is 17.4 Å². The first kappa shape index (κ1) is 21.3. The molecule has 0 radical (unpaired) electrons. The van der Waals surface area contributed by atoms with Crippen molar-refractivity contribution in [1.29, 1.82) is 0 Å². The summed E-state index contributed by atoms with van der Waals surface area (Å²) in [6.45, 7) is 3.64. The molecule has 1 aromatic heterocycles. The van der Waals surface area contributed by atoms with E-state index in [1.807, 2.05) is 19.1 Å². The molecule has 0 aliphatic heterocycles. The fourth-order valence-electron chi connectivity index (χ4n) is 3.85. The van der Waals surface area contributed by atoms with Gasteiger partial charge in [0.1, 0.15) is 28.5 Å². The van der Waals surface area contributed by atoms with Crippen molar-refractivity contribution in [3.05, 3.63) is 77.1 Å². The molecule has 6 heteroatoms. The molecular formula is C26H21FO5. The molecule has 1 heterocycles. The van der Waals surface area contributed by atoms with Gasteiger partial charge < -0.3 is 14.3 Å². The van der Waals surface area contributed by atoms with Crippen molar-refractivity contribution < 1.29 is 28.2 Å². The summed E-state index contributed by atoms with van der Waals surface area (Å²) in [5, 5.41) is 10.2. The maximum absolute atomic E-state index is 13.4. The number of Topliss-reactive ketones (excluding diaryl/α,β-unsaturated/α-hetero) is 1. The molecule has 0 aliphatic rings. The van der Waals surface area contributed by atoms with E-state index in [1.165, 1.54) is 19.2 Å². The average Bonchev–Trinajstić information content (AvgIpc) is 3.17. The van der Waals surface area contributed by atoms with Gasteiger partial charge in [0.2, 0.25) is 0 Å². The van der Waals surface area contributed by atoms with Gasteiger partial charge in [0.05, 0.1) is 12.7 Å². The predicted octanol–water partition coefficient (Wildman–Crippen LogP) is 6.51. The molecule has 0 fully saturated rings. The highest BCUT2D eigenvalue weighted by atomic mass is 19.1. The van der Waals surface area contributed by atoms with Crippen molar-refractivity contribution in [1.82, 2.24) is 0 Å². The van der Waals surface area contributed by atoms with E-state index in [9.17, 15) is 19.1 Å². The van der Waals surface area contributed by atoms with Gasteiger partial charge in [0.25, 0.3) is 0 Å². The first-order valence-corrected chi connectivity index (χ1v) is 10.1. The quantitative estimate of drug-likeness (QED) is 0.351. The number of carboxylic acids is 1. The van der Waals surface area contributed by atoms with E-state index in [-0.39, 0.29) is 29.3 Å². The van der Waals surface area contributed by atoms with Crippen LogP contribution < -0.4 is 4.74 Å². The number of carboxylic acid groups (broad SMARTS) is 1. The molecule has 0 unspecified atom stereocenters. The second-order valence-electron chi connectivity index (χ2n) is 7.47. The van der Waals surface area contributed by atoms with Gasteiger partial charge in [-0.05, 0) is 72.1 Å². The van der Waals surface area contributed by atoms with Gasteiger partial charge in [-0.1, -0.05) is 13.0 Å². The zero-order valence-electron chi connectivity index (χ0n) is 17.9. The summed E-state index contributed by atoms with van der Waals surface area (Å²) in [7, 11) is 1.43. The average molecular weight is 432 g/mol. The number of ketones is 1. The number of furan rings is 1. The molecule has 5 nitrogen and oxygen atoms in total. The van der Waals surface area contributed by atoms with Crippen molar-refractivity contribution in [3.63, 3.8) is 0 Å². The Morgan fingerprint density at radius 1 is 1.03 bits per heavy atom. The normalized spacial score (nSPS) is 11.0. The zero-order valence-corrected chi connectivity index (χ0v) is 17.9. The summed E-state index contributed by atoms with van der Waals surface area (Å²) in [5.41, 5.74) is 3.90. The molecule has 0 spiro atoms. The van der Waals surface area contributed by atoms with E-state index in [2.05, 4.69) is 0 Å². The summed E-state index contributed by atoms with van der Waals surface area (Å²) >= 11 is 0. The number of aryl methyl sites for hydroxylation is 1. The van der Waals surface area contributed by atoms with E-state index >= 15 is 0 Å². The molecule has 0 atom stereocenters. The van der Waals surface area contributed by atoms with Crippen molar-refractivity contribution in [3.8, 4) is 28.2 Å². The number of carbonyl (C=O) groups excluding carboxylic acids is 1. The molecule has 4 aromatic rings. The summed E-state index contributed by atoms with van der Waals surface area (Å²) in [4.78, 5) is 24.6. The Hall–Kier alpha value is -3.93. The highest BCUT2D eigenvalue weighted by Gasteiger charge is 2.22. The third-order valence-electron chi connectivity index (χ3n) is 5.48. The first-order chi connectivity index (χ1) is 15.3. The van der Waals surface area contributed by atoms with Crippen LogP contribution in [0.5, 0.6) is 5.75 Å². The number of methoxy groups -OCH3 is 1. The van der Waals surface area contributed by atoms with Crippen molar-refractivity contribution in [2.24, 2.45) is 0 Å². The molecular weight excluding hydrogens is 411 g/mol. The molecule has 0 aliphatic carbocycles. The van der Waals surface area contributed by atoms with E-state index < -0.39 is 5.97 Å². The summed E-state index contributed by atoms with van der Waals surface area (Å²) in [5.74, 6) is -0.893. The number of benzene rings is 3. The van der Waals surface area contributed by atoms with Crippen molar-refractivity contribution >= 4 is 22.7 Å². The van der Waals surface area contributed by atoms with E-state index in [0.29, 0.717) is 33.4 Å². The summed E-state index contributed by atoms with van der Waals surface area (Å²) in [6.07, 6.45) is 0.276. The maximum atomic E-state index is 13.4. The van der Waals surface area contributed by atoms with Crippen LogP contribution in [0.4, 0.5) is 4.39 Å². The van der Waals surface area contributed by atoms with Gasteiger partial charge in [0.15, 0.2) is 5.78 Å². The minimum absolute atomic E-state index is 0.0530. The highest BCUT2D eigenvalue weighted by molar-refractivity contribution is 6.12. The fourth-order valence-corrected chi connectivity index (χ4v) is 3.85. The molecule has 4 rings (SSSR count). The Kier molecular flexibility index (Phi) is 5.53. The third-order valence-corrected chi connectivity index (χ3v) is 5.48. The lowest BCUT2D eigenvalue weighted by atomic mass is 9.94. The zero-order chi connectivity index (χ0) is 23.0. The standard InChI is InChI=1S/C26H21FO5/c1-4-21(28)24-19-12-16(18-13-20(26(29)30)23(31-3)11-14(18)2)7-10-22(19)32-25(24)15-5-8-17(27)9-6-15/h5-13H,4H2,1-3H3,(H,29,30). The summed E-state index contributed by atoms with van der Waals surface area (Å²) < 4.78 is 24.6. The monoisotopic (exact) mass is 432 g/mol. The number of rotatable bonds is 6.